The summed E-state index contributed by atoms with van der Waals surface area (Å²) in [7, 11) is 1.17. The maximum absolute atomic E-state index is 11.9. The van der Waals surface area contributed by atoms with Gasteiger partial charge in [-0.15, -0.1) is 0 Å². The molecule has 0 bridgehead atoms. The van der Waals surface area contributed by atoms with Gasteiger partial charge in [0, 0.05) is 60.1 Å². The number of hydrogen-bond donors (Lipinski definition) is 4. The van der Waals surface area contributed by atoms with Gasteiger partial charge in [-0.05, 0) is 31.9 Å². The first-order chi connectivity index (χ1) is 26.5. The number of esters is 5. The number of nitrogens with zero attached hydrogens (tertiary/aromatic N) is 1. The molecule has 0 aromatic rings. The number of carbonyl (C=O) groups is 7. The first kappa shape index (κ1) is 58.1. The van der Waals surface area contributed by atoms with Crippen LogP contribution in [0, 0.1) is 11.5 Å². The van der Waals surface area contributed by atoms with Gasteiger partial charge in [0.15, 0.2) is 30.6 Å². The molecule has 58 heavy (non-hydrogen) atoms. The largest absolute Gasteiger partial charge is 0 e. The van der Waals surface area contributed by atoms with Crippen LogP contribution in [0.25, 0.3) is 0 Å². The predicted molar refractivity (Wildman–Crippen MR) is 224 cm³/mol. The number of rotatable bonds is 14. The van der Waals surface area contributed by atoms with Crippen LogP contribution in [0.1, 0.15) is 75.2 Å². The summed E-state index contributed by atoms with van der Waals surface area (Å²) >= 11 is 7.39. The SMILES string of the molecule is CC[C@@H](OC(C)=O)[C@@H](OC(C)=O)[C@@H]1OC(C(=O)OC)=C[C@H](N)[C@H]1NC(C)=O.CC[C@@H](OC(C)=O)[C@@H](OC(C)=O)[C@@H]1OC(C)=C[C@H](NC#N)[C@H]1NC(C)=O.[I][V]([I])[I].[V]. The Morgan fingerprint density at radius 2 is 1.17 bits per heavy atom. The van der Waals surface area contributed by atoms with Crippen molar-refractivity contribution in [1.29, 1.82) is 5.26 Å². The van der Waals surface area contributed by atoms with E-state index in [4.69, 9.17) is 39.4 Å². The van der Waals surface area contributed by atoms with Gasteiger partial charge in [0.25, 0.3) is 0 Å². The van der Waals surface area contributed by atoms with E-state index >= 15 is 0 Å². The number of nitriles is 1. The van der Waals surface area contributed by atoms with Crippen molar-refractivity contribution in [1.82, 2.24) is 16.0 Å². The van der Waals surface area contributed by atoms with Crippen LogP contribution >= 0.6 is 59.9 Å². The number of nitrogens with two attached hydrogens (primary N) is 1. The average Bonchev–Trinajstić information content (AvgIpc) is 3.08. The average molecular weight is 1240 g/mol. The molecule has 19 nitrogen and oxygen atoms in total. The number of allylic oxidation sites excluding steroid dienone is 1. The molecule has 2 rings (SSSR count). The second kappa shape index (κ2) is 30.1. The molecule has 2 amide bonds. The van der Waals surface area contributed by atoms with Gasteiger partial charge in [-0.1, -0.05) is 13.8 Å². The van der Waals surface area contributed by atoms with E-state index in [0.717, 1.165) is 0 Å². The summed E-state index contributed by atoms with van der Waals surface area (Å²) in [4.78, 5) is 81.0. The molecule has 2 aliphatic heterocycles. The fraction of sp³-hybridized carbons (Fsp3) is 0.647. The maximum Gasteiger partial charge on any atom is 0 e. The predicted octanol–water partition coefficient (Wildman–Crippen LogP) is 2.71. The molecule has 0 aromatic carbocycles. The monoisotopic (exact) mass is 1240 g/mol. The first-order valence-electron chi connectivity index (χ1n) is 17.3. The normalized spacial score (nSPS) is 22.4. The van der Waals surface area contributed by atoms with E-state index in [9.17, 15) is 33.6 Å². The second-order valence-electron chi connectivity index (χ2n) is 12.2. The van der Waals surface area contributed by atoms with Crippen molar-refractivity contribution < 1.29 is 90.2 Å². The smallest absolute Gasteiger partial charge is 0 e. The zero-order valence-corrected chi connectivity index (χ0v) is 42.9. The molecular formula is C34H51I3N5O14V2. The Morgan fingerprint density at radius 1 is 0.776 bits per heavy atom. The summed E-state index contributed by atoms with van der Waals surface area (Å²) in [6, 6.07) is -2.97. The number of carbonyl (C=O) groups excluding carboxylic acids is 7. The fourth-order valence-electron chi connectivity index (χ4n) is 5.71. The zero-order valence-electron chi connectivity index (χ0n) is 33.6. The van der Waals surface area contributed by atoms with Gasteiger partial charge < -0.3 is 54.8 Å². The Bertz CT molecular complexity index is 1520. The van der Waals surface area contributed by atoms with E-state index in [1.807, 2.05) is 6.19 Å². The van der Waals surface area contributed by atoms with Crippen LogP contribution in [0.2, 0.25) is 0 Å². The number of nitrogens with one attached hydrogen (secondary N) is 3. The van der Waals surface area contributed by atoms with Crippen molar-refractivity contribution in [2.24, 2.45) is 5.73 Å². The van der Waals surface area contributed by atoms with Crippen molar-refractivity contribution in [3.63, 3.8) is 0 Å². The fourth-order valence-corrected chi connectivity index (χ4v) is 5.71. The molecule has 2 heterocycles. The van der Waals surface area contributed by atoms with Crippen molar-refractivity contribution in [2.45, 2.75) is 136 Å². The zero-order chi connectivity index (χ0) is 44.2. The van der Waals surface area contributed by atoms with Crippen LogP contribution in [0.15, 0.2) is 23.7 Å². The summed E-state index contributed by atoms with van der Waals surface area (Å²) in [5.41, 5.74) is 6.08. The van der Waals surface area contributed by atoms with Gasteiger partial charge in [-0.25, -0.2) is 4.79 Å². The molecule has 0 saturated carbocycles. The van der Waals surface area contributed by atoms with Crippen LogP contribution in [-0.4, -0.2) is 110 Å². The van der Waals surface area contributed by atoms with Gasteiger partial charge in [0.2, 0.25) is 17.6 Å². The molecule has 0 aliphatic carbocycles. The molecule has 5 N–H and O–H groups in total. The van der Waals surface area contributed by atoms with Gasteiger partial charge in [-0.2, -0.15) is 5.26 Å². The third kappa shape index (κ3) is 22.0. The van der Waals surface area contributed by atoms with E-state index in [1.165, 1.54) is 54.7 Å². The third-order valence-electron chi connectivity index (χ3n) is 7.63. The van der Waals surface area contributed by atoms with E-state index < -0.39 is 96.5 Å². The molecule has 327 valence electrons. The van der Waals surface area contributed by atoms with Crippen LogP contribution in [0.3, 0.4) is 0 Å². The topological polar surface area (TPSA) is 270 Å². The summed E-state index contributed by atoms with van der Waals surface area (Å²) in [6.45, 7) is 12.7. The number of ether oxygens (including phenoxy) is 7. The second-order valence-corrected chi connectivity index (χ2v) is 47.6. The molecule has 0 aromatic heterocycles. The third-order valence-corrected chi connectivity index (χ3v) is 7.63. The van der Waals surface area contributed by atoms with Crippen LogP contribution in [-0.2, 0) is 90.2 Å². The summed E-state index contributed by atoms with van der Waals surface area (Å²) in [5, 5.41) is 16.9. The minimum Gasteiger partial charge on any atom is 0 e. The van der Waals surface area contributed by atoms with E-state index in [0.29, 0.717) is 12.2 Å². The van der Waals surface area contributed by atoms with Gasteiger partial charge >= 0.3 is 94.7 Å². The molecule has 0 fully saturated rings. The number of halogens is 3. The molecule has 0 saturated heterocycles. The van der Waals surface area contributed by atoms with Gasteiger partial charge in [0.05, 0.1) is 37.0 Å². The quantitative estimate of drug-likeness (QED) is 0.0640. The van der Waals surface area contributed by atoms with Crippen LogP contribution in [0.5, 0.6) is 0 Å². The summed E-state index contributed by atoms with van der Waals surface area (Å²) in [6.07, 6.45) is -0.229. The molecule has 1 radical (unpaired) electrons. The number of hydrogen-bond acceptors (Lipinski definition) is 17. The van der Waals surface area contributed by atoms with Crippen molar-refractivity contribution in [2.75, 3.05) is 7.11 Å². The van der Waals surface area contributed by atoms with Gasteiger partial charge in [0.1, 0.15) is 12.2 Å². The molecule has 24 heteroatoms. The van der Waals surface area contributed by atoms with Crippen molar-refractivity contribution >= 4 is 102 Å². The Balaban J connectivity index is 0. The summed E-state index contributed by atoms with van der Waals surface area (Å²) < 4.78 is 37.4. The van der Waals surface area contributed by atoms with E-state index in [1.54, 1.807) is 26.8 Å². The standard InChI is InChI=1S/C17H25N3O6.C17H26N2O8.3HI.2V/c1-6-14(25-11(4)22)16(26-12(5)23)17-15(20-10(3)21)13(19-8-18)7-9(2)24-17;1-6-12(25-9(3)21)15(26-10(4)22)16-14(19-8(2)20)11(18)7-13(27-16)17(23)24-5;;;;;/h7,13-17,19H,6H2,1-5H3,(H,20,21);7,11-12,14-16H,6,18H2,1-5H3,(H,19,20);3*1H;;/q;;;;;;+3/p-3/t13-,14+,15+,16+,17+;11-,12+,14+,15+,16+;;;;;/m00...../s1. The number of amides is 2. The summed E-state index contributed by atoms with van der Waals surface area (Å²) in [5.74, 6) is -3.58. The van der Waals surface area contributed by atoms with Crippen molar-refractivity contribution in [3.05, 3.63) is 23.7 Å². The number of methoxy groups -OCH3 is 1. The molecule has 2 aliphatic rings. The Labute approximate surface area is 388 Å². The molecular weight excluding hydrogens is 1180 g/mol. The Kier molecular flexibility index (Phi) is 30.1. The van der Waals surface area contributed by atoms with Gasteiger partial charge in [-0.3, -0.25) is 28.8 Å². The van der Waals surface area contributed by atoms with Crippen LogP contribution in [0.4, 0.5) is 0 Å². The molecule has 10 atom stereocenters. The van der Waals surface area contributed by atoms with Crippen LogP contribution < -0.4 is 21.7 Å². The maximum atomic E-state index is 11.9. The molecule has 0 unspecified atom stereocenters. The Hall–Kier alpha value is -2.02. The Morgan fingerprint density at radius 3 is 1.52 bits per heavy atom. The van der Waals surface area contributed by atoms with E-state index in [2.05, 4.69) is 80.6 Å². The van der Waals surface area contributed by atoms with E-state index in [-0.39, 0.29) is 41.6 Å². The first-order valence-corrected chi connectivity index (χ1v) is 30.8. The van der Waals surface area contributed by atoms with Crippen molar-refractivity contribution in [3.8, 4) is 6.19 Å². The minimum atomic E-state index is -1.12. The molecule has 0 spiro atoms. The minimum absolute atomic E-state index is 0.